The molecule has 1 rings (SSSR count). The molecule has 0 aromatic rings. The van der Waals surface area contributed by atoms with E-state index in [-0.39, 0.29) is 18.1 Å². The number of rotatable bonds is 3. The third-order valence-electron chi connectivity index (χ3n) is 2.27. The molecule has 0 aromatic heterocycles. The predicted molar refractivity (Wildman–Crippen MR) is 54.7 cm³/mol. The van der Waals surface area contributed by atoms with Gasteiger partial charge in [-0.3, -0.25) is 4.79 Å². The summed E-state index contributed by atoms with van der Waals surface area (Å²) in [6.45, 7) is 1.50. The fraction of sp³-hybridized carbons (Fsp3) is 0.875. The number of carbonyl (C=O) groups is 1. The number of hydrogen-bond acceptors (Lipinski definition) is 3. The molecule has 0 saturated carbocycles. The van der Waals surface area contributed by atoms with Crippen LogP contribution in [-0.4, -0.2) is 38.1 Å². The van der Waals surface area contributed by atoms with Crippen LogP contribution in [0.2, 0.25) is 0 Å². The largest absolute Gasteiger partial charge is 0.343 e. The van der Waals surface area contributed by atoms with Gasteiger partial charge >= 0.3 is 0 Å². The minimum absolute atomic E-state index is 0.00579. The van der Waals surface area contributed by atoms with Gasteiger partial charge in [-0.25, -0.2) is 8.42 Å². The zero-order valence-electron chi connectivity index (χ0n) is 7.91. The highest BCUT2D eigenvalue weighted by Gasteiger charge is 2.18. The Kier molecular flexibility index (Phi) is 4.19. The lowest BCUT2D eigenvalue weighted by Crippen LogP contribution is -2.36. The maximum absolute atomic E-state index is 11.4. The molecule has 0 N–H and O–H groups in total. The highest BCUT2D eigenvalue weighted by Crippen LogP contribution is 2.10. The Morgan fingerprint density at radius 3 is 2.29 bits per heavy atom. The molecular formula is C8H14ClNO3S. The van der Waals surface area contributed by atoms with Crippen molar-refractivity contribution in [1.82, 2.24) is 4.90 Å². The smallest absolute Gasteiger partial charge is 0.233 e. The fourth-order valence-electron chi connectivity index (χ4n) is 1.51. The molecule has 1 aliphatic heterocycles. The second-order valence-corrected chi connectivity index (χ2v) is 6.33. The molecule has 6 heteroatoms. The average Bonchev–Trinajstić information content (AvgIpc) is 2.14. The van der Waals surface area contributed by atoms with Crippen molar-refractivity contribution in [3.05, 3.63) is 0 Å². The van der Waals surface area contributed by atoms with E-state index in [1.54, 1.807) is 4.90 Å². The van der Waals surface area contributed by atoms with E-state index in [1.807, 2.05) is 0 Å². The van der Waals surface area contributed by atoms with Crippen molar-refractivity contribution in [3.8, 4) is 0 Å². The zero-order valence-corrected chi connectivity index (χ0v) is 9.48. The number of nitrogens with zero attached hydrogens (tertiary/aromatic N) is 1. The van der Waals surface area contributed by atoms with Crippen LogP contribution in [0.5, 0.6) is 0 Å². The molecular weight excluding hydrogens is 226 g/mol. The number of amides is 1. The molecule has 0 bridgehead atoms. The zero-order chi connectivity index (χ0) is 10.6. The summed E-state index contributed by atoms with van der Waals surface area (Å²) in [4.78, 5) is 13.2. The third kappa shape index (κ3) is 4.28. The van der Waals surface area contributed by atoms with Gasteiger partial charge < -0.3 is 4.90 Å². The van der Waals surface area contributed by atoms with E-state index in [0.29, 0.717) is 0 Å². The predicted octanol–water partition coefficient (Wildman–Crippen LogP) is 0.958. The molecule has 1 heterocycles. The second kappa shape index (κ2) is 4.98. The van der Waals surface area contributed by atoms with Gasteiger partial charge in [0.25, 0.3) is 0 Å². The summed E-state index contributed by atoms with van der Waals surface area (Å²) in [6.07, 6.45) is 3.18. The highest BCUT2D eigenvalue weighted by atomic mass is 35.7. The molecule has 82 valence electrons. The topological polar surface area (TPSA) is 54.5 Å². The molecule has 0 spiro atoms. The van der Waals surface area contributed by atoms with Crippen LogP contribution in [0.1, 0.15) is 25.7 Å². The van der Waals surface area contributed by atoms with Gasteiger partial charge in [-0.1, -0.05) is 0 Å². The Morgan fingerprint density at radius 1 is 1.21 bits per heavy atom. The van der Waals surface area contributed by atoms with Gasteiger partial charge in [0, 0.05) is 30.2 Å². The molecule has 14 heavy (non-hydrogen) atoms. The van der Waals surface area contributed by atoms with Crippen LogP contribution in [0.4, 0.5) is 0 Å². The maximum atomic E-state index is 11.4. The van der Waals surface area contributed by atoms with Crippen molar-refractivity contribution in [3.63, 3.8) is 0 Å². The molecule has 0 aliphatic carbocycles. The van der Waals surface area contributed by atoms with Crippen LogP contribution in [0.3, 0.4) is 0 Å². The Labute approximate surface area is 88.6 Å². The summed E-state index contributed by atoms with van der Waals surface area (Å²) < 4.78 is 21.2. The fourth-order valence-corrected chi connectivity index (χ4v) is 2.16. The number of carbonyl (C=O) groups excluding carboxylic acids is 1. The van der Waals surface area contributed by atoms with Crippen LogP contribution in [0.25, 0.3) is 0 Å². The van der Waals surface area contributed by atoms with Crippen LogP contribution >= 0.6 is 10.7 Å². The second-order valence-electron chi connectivity index (χ2n) is 3.43. The van der Waals surface area contributed by atoms with Gasteiger partial charge in [0.15, 0.2) is 0 Å². The van der Waals surface area contributed by atoms with E-state index in [4.69, 9.17) is 10.7 Å². The van der Waals surface area contributed by atoms with Crippen LogP contribution < -0.4 is 0 Å². The van der Waals surface area contributed by atoms with Gasteiger partial charge in [-0.05, 0) is 19.3 Å². The first-order valence-electron chi connectivity index (χ1n) is 4.69. The van der Waals surface area contributed by atoms with E-state index in [0.717, 1.165) is 32.4 Å². The van der Waals surface area contributed by atoms with Gasteiger partial charge in [0.2, 0.25) is 15.0 Å². The third-order valence-corrected chi connectivity index (χ3v) is 3.42. The van der Waals surface area contributed by atoms with Crippen molar-refractivity contribution in [2.75, 3.05) is 18.8 Å². The minimum Gasteiger partial charge on any atom is -0.343 e. The molecule has 0 unspecified atom stereocenters. The van der Waals surface area contributed by atoms with Crippen molar-refractivity contribution < 1.29 is 13.2 Å². The van der Waals surface area contributed by atoms with E-state index < -0.39 is 9.05 Å². The normalized spacial score (nSPS) is 18.2. The van der Waals surface area contributed by atoms with Gasteiger partial charge in [-0.15, -0.1) is 0 Å². The lowest BCUT2D eigenvalue weighted by atomic mass is 10.1. The number of piperidine rings is 1. The Bertz CT molecular complexity index is 296. The Balaban J connectivity index is 2.34. The van der Waals surface area contributed by atoms with E-state index in [1.165, 1.54) is 0 Å². The molecule has 1 amide bonds. The quantitative estimate of drug-likeness (QED) is 0.690. The lowest BCUT2D eigenvalue weighted by molar-refractivity contribution is -0.131. The number of hydrogen-bond donors (Lipinski definition) is 0. The Morgan fingerprint density at radius 2 is 1.79 bits per heavy atom. The first-order valence-corrected chi connectivity index (χ1v) is 7.17. The summed E-state index contributed by atoms with van der Waals surface area (Å²) in [6, 6.07) is 0. The van der Waals surface area contributed by atoms with E-state index >= 15 is 0 Å². The van der Waals surface area contributed by atoms with Crippen LogP contribution in [0.15, 0.2) is 0 Å². The maximum Gasteiger partial charge on any atom is 0.233 e. The summed E-state index contributed by atoms with van der Waals surface area (Å²) in [5.41, 5.74) is 0. The number of likely N-dealkylation sites (tertiary alicyclic amines) is 1. The molecule has 0 atom stereocenters. The minimum atomic E-state index is -3.53. The SMILES string of the molecule is O=C(CCS(=O)(=O)Cl)N1CCCCC1. The van der Waals surface area contributed by atoms with Gasteiger partial charge in [0.1, 0.15) is 0 Å². The number of halogens is 1. The lowest BCUT2D eigenvalue weighted by Gasteiger charge is -2.26. The standard InChI is InChI=1S/C8H14ClNO3S/c9-14(12,13)7-4-8(11)10-5-2-1-3-6-10/h1-7H2. The van der Waals surface area contributed by atoms with E-state index in [9.17, 15) is 13.2 Å². The van der Waals surface area contributed by atoms with Crippen molar-refractivity contribution in [2.24, 2.45) is 0 Å². The summed E-state index contributed by atoms with van der Waals surface area (Å²) in [5.74, 6) is -0.363. The summed E-state index contributed by atoms with van der Waals surface area (Å²) in [7, 11) is 1.48. The summed E-state index contributed by atoms with van der Waals surface area (Å²) in [5, 5.41) is 0. The molecule has 1 aliphatic rings. The highest BCUT2D eigenvalue weighted by molar-refractivity contribution is 8.13. The van der Waals surface area contributed by atoms with Crippen molar-refractivity contribution in [2.45, 2.75) is 25.7 Å². The van der Waals surface area contributed by atoms with E-state index in [2.05, 4.69) is 0 Å². The molecule has 0 radical (unpaired) electrons. The molecule has 1 saturated heterocycles. The Hall–Kier alpha value is -0.290. The van der Waals surface area contributed by atoms with Crippen LogP contribution in [-0.2, 0) is 13.8 Å². The first-order chi connectivity index (χ1) is 6.49. The van der Waals surface area contributed by atoms with Gasteiger partial charge in [0.05, 0.1) is 5.75 Å². The summed E-state index contributed by atoms with van der Waals surface area (Å²) >= 11 is 0. The first kappa shape index (κ1) is 11.8. The molecule has 1 fully saturated rings. The van der Waals surface area contributed by atoms with Crippen LogP contribution in [0, 0.1) is 0 Å². The molecule has 4 nitrogen and oxygen atoms in total. The van der Waals surface area contributed by atoms with Crippen molar-refractivity contribution >= 4 is 25.6 Å². The average molecular weight is 240 g/mol. The van der Waals surface area contributed by atoms with Gasteiger partial charge in [-0.2, -0.15) is 0 Å². The van der Waals surface area contributed by atoms with Crippen molar-refractivity contribution in [1.29, 1.82) is 0 Å². The monoisotopic (exact) mass is 239 g/mol. The molecule has 0 aromatic carbocycles.